The molecule has 11 heteroatoms. The molecule has 0 radical (unpaired) electrons. The van der Waals surface area contributed by atoms with E-state index in [9.17, 15) is 19.2 Å². The number of thiophene rings is 1. The molecule has 4 amide bonds. The zero-order chi connectivity index (χ0) is 26.1. The molecule has 3 aromatic rings. The topological polar surface area (TPSA) is 90.0 Å². The first kappa shape index (κ1) is 24.9. The Hall–Kier alpha value is -3.80. The van der Waals surface area contributed by atoms with Gasteiger partial charge >= 0.3 is 0 Å². The summed E-state index contributed by atoms with van der Waals surface area (Å²) in [5, 5.41) is 2.74. The van der Waals surface area contributed by atoms with Crippen molar-refractivity contribution in [3.63, 3.8) is 0 Å². The maximum atomic E-state index is 13.7. The van der Waals surface area contributed by atoms with Crippen molar-refractivity contribution < 1.29 is 19.2 Å². The number of rotatable bonds is 6. The third-order valence-electron chi connectivity index (χ3n) is 5.86. The number of para-hydroxylation sites is 2. The van der Waals surface area contributed by atoms with Crippen molar-refractivity contribution in [1.82, 2.24) is 10.4 Å². The third-order valence-corrected chi connectivity index (χ3v) is 8.10. The van der Waals surface area contributed by atoms with Crippen LogP contribution in [0.25, 0.3) is 5.57 Å². The zero-order valence-electron chi connectivity index (χ0n) is 19.5. The Balaban J connectivity index is 1.45. The molecule has 3 heterocycles. The van der Waals surface area contributed by atoms with E-state index in [1.54, 1.807) is 46.7 Å². The van der Waals surface area contributed by atoms with Crippen molar-refractivity contribution in [1.29, 1.82) is 0 Å². The highest BCUT2D eigenvalue weighted by Crippen LogP contribution is 2.44. The quantitative estimate of drug-likeness (QED) is 0.369. The summed E-state index contributed by atoms with van der Waals surface area (Å²) in [4.78, 5) is 56.4. The van der Waals surface area contributed by atoms with Crippen LogP contribution in [0.15, 0.2) is 77.0 Å². The Bertz CT molecular complexity index is 1450. The lowest BCUT2D eigenvalue weighted by atomic mass is 10.1. The van der Waals surface area contributed by atoms with Gasteiger partial charge in [-0.3, -0.25) is 29.5 Å². The second-order valence-electron chi connectivity index (χ2n) is 8.01. The number of amides is 4. The second-order valence-corrected chi connectivity index (χ2v) is 10.6. The Morgan fingerprint density at radius 2 is 1.70 bits per heavy atom. The molecule has 0 unspecified atom stereocenters. The molecular weight excluding hydrogens is 529 g/mol. The van der Waals surface area contributed by atoms with Crippen LogP contribution in [-0.2, 0) is 14.4 Å². The molecule has 0 spiro atoms. The van der Waals surface area contributed by atoms with Crippen molar-refractivity contribution in [3.05, 3.63) is 87.5 Å². The third kappa shape index (κ3) is 4.57. The number of likely N-dealkylation sites (N-methyl/N-ethyl adjacent to an activating group) is 1. The summed E-state index contributed by atoms with van der Waals surface area (Å²) in [5.41, 5.74) is 4.50. The molecule has 2 aliphatic rings. The van der Waals surface area contributed by atoms with Crippen LogP contribution in [0.5, 0.6) is 0 Å². The number of hydrazine groups is 1. The first-order valence-electron chi connectivity index (χ1n) is 11.3. The van der Waals surface area contributed by atoms with E-state index in [1.807, 2.05) is 37.3 Å². The first-order valence-corrected chi connectivity index (χ1v) is 13.4. The number of thioether (sulfide) groups is 1. The van der Waals surface area contributed by atoms with Gasteiger partial charge in [-0.25, -0.2) is 0 Å². The average molecular weight is 549 g/mol. The molecule has 2 aliphatic heterocycles. The lowest BCUT2D eigenvalue weighted by Crippen LogP contribution is -2.44. The fourth-order valence-electron chi connectivity index (χ4n) is 4.17. The number of fused-ring (bicyclic) bond motifs is 1. The number of hydrogen-bond acceptors (Lipinski definition) is 7. The highest BCUT2D eigenvalue weighted by Gasteiger charge is 2.43. The molecule has 0 saturated carbocycles. The fraction of sp³-hybridized carbons (Fsp3) is 0.115. The Labute approximate surface area is 226 Å². The minimum absolute atomic E-state index is 0.110. The number of nitrogens with zero attached hydrogens (tertiary/aromatic N) is 3. The van der Waals surface area contributed by atoms with E-state index in [0.717, 1.165) is 22.5 Å². The standard InChI is InChI=1S/C26H20N4O4S3/c1-2-28(16-9-4-3-5-10-16)20(31)15-29-18-12-7-6-11-17(18)21(24(29)33)22-25(34)30(26(35)37-22)27-23(32)19-13-8-14-36-19/h3-14H,2,15H2,1H3,(H,27,32). The van der Waals surface area contributed by atoms with Crippen LogP contribution in [0.4, 0.5) is 11.4 Å². The number of carbonyl (C=O) groups excluding carboxylic acids is 4. The van der Waals surface area contributed by atoms with Gasteiger partial charge in [0.15, 0.2) is 4.32 Å². The number of anilines is 2. The van der Waals surface area contributed by atoms with E-state index >= 15 is 0 Å². The van der Waals surface area contributed by atoms with Gasteiger partial charge in [-0.2, -0.15) is 5.01 Å². The highest BCUT2D eigenvalue weighted by molar-refractivity contribution is 8.26. The summed E-state index contributed by atoms with van der Waals surface area (Å²) in [6.45, 7) is 2.10. The van der Waals surface area contributed by atoms with Crippen LogP contribution in [-0.4, -0.2) is 46.0 Å². The summed E-state index contributed by atoms with van der Waals surface area (Å²) < 4.78 is 0.110. The summed E-state index contributed by atoms with van der Waals surface area (Å²) in [5.74, 6) is -1.79. The van der Waals surface area contributed by atoms with Crippen molar-refractivity contribution in [3.8, 4) is 0 Å². The van der Waals surface area contributed by atoms with E-state index < -0.39 is 17.7 Å². The largest absolute Gasteiger partial charge is 0.311 e. The lowest BCUT2D eigenvalue weighted by molar-refractivity contribution is -0.124. The number of thiocarbonyl (C=S) groups is 1. The monoisotopic (exact) mass is 548 g/mol. The molecule has 5 rings (SSSR count). The van der Waals surface area contributed by atoms with E-state index in [0.29, 0.717) is 22.7 Å². The predicted molar refractivity (Wildman–Crippen MR) is 149 cm³/mol. The van der Waals surface area contributed by atoms with Crippen molar-refractivity contribution in [2.45, 2.75) is 6.92 Å². The number of hydrogen-bond donors (Lipinski definition) is 1. The van der Waals surface area contributed by atoms with Crippen LogP contribution in [0.3, 0.4) is 0 Å². The highest BCUT2D eigenvalue weighted by atomic mass is 32.2. The molecule has 1 aromatic heterocycles. The molecule has 1 saturated heterocycles. The SMILES string of the molecule is CCN(C(=O)CN1C(=O)C(=C2SC(=S)N(NC(=O)c3cccs3)C2=O)c2ccccc21)c1ccccc1. The van der Waals surface area contributed by atoms with Crippen LogP contribution in [0.2, 0.25) is 0 Å². The molecular formula is C26H20N4O4S3. The molecule has 1 fully saturated rings. The normalized spacial score (nSPS) is 16.8. The summed E-state index contributed by atoms with van der Waals surface area (Å²) >= 11 is 7.54. The predicted octanol–water partition coefficient (Wildman–Crippen LogP) is 4.06. The van der Waals surface area contributed by atoms with Crippen molar-refractivity contribution >= 4 is 80.2 Å². The van der Waals surface area contributed by atoms with Gasteiger partial charge in [0.05, 0.1) is 21.0 Å². The molecule has 37 heavy (non-hydrogen) atoms. The van der Waals surface area contributed by atoms with Crippen LogP contribution in [0.1, 0.15) is 22.2 Å². The number of nitrogens with one attached hydrogen (secondary N) is 1. The van der Waals surface area contributed by atoms with Gasteiger partial charge in [0.25, 0.3) is 17.7 Å². The smallest absolute Gasteiger partial charge is 0.286 e. The fourth-order valence-corrected chi connectivity index (χ4v) is 6.03. The maximum absolute atomic E-state index is 13.7. The lowest BCUT2D eigenvalue weighted by Gasteiger charge is -2.24. The van der Waals surface area contributed by atoms with E-state index in [4.69, 9.17) is 12.2 Å². The number of benzene rings is 2. The molecule has 8 nitrogen and oxygen atoms in total. The minimum Gasteiger partial charge on any atom is -0.311 e. The average Bonchev–Trinajstić information content (AvgIpc) is 3.60. The molecule has 0 bridgehead atoms. The van der Waals surface area contributed by atoms with Gasteiger partial charge in [-0.1, -0.05) is 54.2 Å². The number of carbonyl (C=O) groups is 4. The summed E-state index contributed by atoms with van der Waals surface area (Å²) in [7, 11) is 0. The van der Waals surface area contributed by atoms with E-state index in [1.165, 1.54) is 16.2 Å². The first-order chi connectivity index (χ1) is 17.9. The molecule has 2 aromatic carbocycles. The van der Waals surface area contributed by atoms with Gasteiger partial charge in [-0.15, -0.1) is 11.3 Å². The molecule has 0 aliphatic carbocycles. The van der Waals surface area contributed by atoms with Crippen LogP contribution >= 0.6 is 35.3 Å². The second kappa shape index (κ2) is 10.3. The van der Waals surface area contributed by atoms with Crippen molar-refractivity contribution in [2.24, 2.45) is 0 Å². The van der Waals surface area contributed by atoms with Crippen LogP contribution in [0, 0.1) is 0 Å². The van der Waals surface area contributed by atoms with Gasteiger partial charge < -0.3 is 4.90 Å². The van der Waals surface area contributed by atoms with Crippen LogP contribution < -0.4 is 15.2 Å². The Morgan fingerprint density at radius 3 is 2.41 bits per heavy atom. The summed E-state index contributed by atoms with van der Waals surface area (Å²) in [6.07, 6.45) is 0. The Kier molecular flexibility index (Phi) is 6.92. The maximum Gasteiger partial charge on any atom is 0.286 e. The van der Waals surface area contributed by atoms with Gasteiger partial charge in [0.1, 0.15) is 6.54 Å². The van der Waals surface area contributed by atoms with Gasteiger partial charge in [0.2, 0.25) is 5.91 Å². The van der Waals surface area contributed by atoms with Crippen molar-refractivity contribution in [2.75, 3.05) is 22.9 Å². The molecule has 186 valence electrons. The van der Waals surface area contributed by atoms with Gasteiger partial charge in [-0.05, 0) is 48.8 Å². The Morgan fingerprint density at radius 1 is 0.973 bits per heavy atom. The molecule has 1 N–H and O–H groups in total. The zero-order valence-corrected chi connectivity index (χ0v) is 22.0. The van der Waals surface area contributed by atoms with E-state index in [-0.39, 0.29) is 27.3 Å². The molecule has 0 atom stereocenters. The van der Waals surface area contributed by atoms with E-state index in [2.05, 4.69) is 5.43 Å². The van der Waals surface area contributed by atoms with Gasteiger partial charge in [0, 0.05) is 17.8 Å². The summed E-state index contributed by atoms with van der Waals surface area (Å²) in [6, 6.07) is 19.6. The minimum atomic E-state index is -0.592.